The maximum atomic E-state index is 13.1. The van der Waals surface area contributed by atoms with Crippen molar-refractivity contribution >= 4 is 17.5 Å². The number of aromatic nitrogens is 3. The van der Waals surface area contributed by atoms with Gasteiger partial charge >= 0.3 is 0 Å². The molecule has 17 heavy (non-hydrogen) atoms. The standard InChI is InChI=1S/C10H8FN5O/c11-7-5-6(1-2-8(7)12)9(17)15-10-13-3-4-14-16-10/h1-5H,12H2,(H,13,15,16,17). The number of nitrogen functional groups attached to an aromatic ring is 1. The van der Waals surface area contributed by atoms with E-state index in [9.17, 15) is 9.18 Å². The minimum absolute atomic E-state index is 0.0147. The quantitative estimate of drug-likeness (QED) is 0.750. The molecule has 0 atom stereocenters. The molecule has 6 nitrogen and oxygen atoms in total. The minimum atomic E-state index is -0.648. The predicted octanol–water partition coefficient (Wildman–Crippen LogP) is 0.845. The molecule has 3 N–H and O–H groups in total. The summed E-state index contributed by atoms with van der Waals surface area (Å²) >= 11 is 0. The Hall–Kier alpha value is -2.57. The number of nitrogens with one attached hydrogen (secondary N) is 1. The third-order valence-corrected chi connectivity index (χ3v) is 1.97. The van der Waals surface area contributed by atoms with Crippen molar-refractivity contribution in [1.29, 1.82) is 0 Å². The lowest BCUT2D eigenvalue weighted by Gasteiger charge is -2.03. The molecule has 0 saturated carbocycles. The zero-order valence-corrected chi connectivity index (χ0v) is 8.59. The fraction of sp³-hybridized carbons (Fsp3) is 0. The highest BCUT2D eigenvalue weighted by Crippen LogP contribution is 2.12. The lowest BCUT2D eigenvalue weighted by molar-refractivity contribution is 0.102. The monoisotopic (exact) mass is 233 g/mol. The Morgan fingerprint density at radius 3 is 2.82 bits per heavy atom. The molecule has 2 rings (SSSR count). The number of benzene rings is 1. The zero-order chi connectivity index (χ0) is 12.3. The first-order valence-electron chi connectivity index (χ1n) is 4.67. The average Bonchev–Trinajstić information content (AvgIpc) is 2.34. The number of hydrogen-bond donors (Lipinski definition) is 2. The smallest absolute Gasteiger partial charge is 0.258 e. The predicted molar refractivity (Wildman–Crippen MR) is 58.6 cm³/mol. The topological polar surface area (TPSA) is 93.8 Å². The summed E-state index contributed by atoms with van der Waals surface area (Å²) in [4.78, 5) is 15.4. The van der Waals surface area contributed by atoms with E-state index in [0.717, 1.165) is 6.07 Å². The van der Waals surface area contributed by atoms with E-state index < -0.39 is 11.7 Å². The van der Waals surface area contributed by atoms with Gasteiger partial charge in [0.2, 0.25) is 5.95 Å². The number of nitrogens with two attached hydrogens (primary N) is 1. The summed E-state index contributed by atoms with van der Waals surface area (Å²) in [5, 5.41) is 9.49. The van der Waals surface area contributed by atoms with E-state index in [1.165, 1.54) is 24.5 Å². The fourth-order valence-electron chi connectivity index (χ4n) is 1.15. The molecule has 7 heteroatoms. The third-order valence-electron chi connectivity index (χ3n) is 1.97. The summed E-state index contributed by atoms with van der Waals surface area (Å²) in [6, 6.07) is 3.76. The Labute approximate surface area is 95.7 Å². The van der Waals surface area contributed by atoms with Gasteiger partial charge < -0.3 is 5.73 Å². The van der Waals surface area contributed by atoms with Gasteiger partial charge in [0, 0.05) is 5.56 Å². The van der Waals surface area contributed by atoms with Gasteiger partial charge in [-0.25, -0.2) is 9.37 Å². The Bertz CT molecular complexity index is 546. The van der Waals surface area contributed by atoms with E-state index in [1.807, 2.05) is 0 Å². The lowest BCUT2D eigenvalue weighted by atomic mass is 10.2. The van der Waals surface area contributed by atoms with Crippen LogP contribution in [0.15, 0.2) is 30.6 Å². The van der Waals surface area contributed by atoms with E-state index >= 15 is 0 Å². The third kappa shape index (κ3) is 2.51. The van der Waals surface area contributed by atoms with Crippen LogP contribution in [0.3, 0.4) is 0 Å². The van der Waals surface area contributed by atoms with Crippen molar-refractivity contribution in [3.63, 3.8) is 0 Å². The molecular formula is C10H8FN5O. The number of carbonyl (C=O) groups is 1. The van der Waals surface area contributed by atoms with Gasteiger partial charge in [-0.1, -0.05) is 0 Å². The molecule has 0 aliphatic rings. The highest BCUT2D eigenvalue weighted by molar-refractivity contribution is 6.03. The fourth-order valence-corrected chi connectivity index (χ4v) is 1.15. The highest BCUT2D eigenvalue weighted by Gasteiger charge is 2.09. The van der Waals surface area contributed by atoms with E-state index in [-0.39, 0.29) is 17.2 Å². The molecule has 1 aromatic carbocycles. The van der Waals surface area contributed by atoms with Gasteiger partial charge in [0.15, 0.2) is 0 Å². The van der Waals surface area contributed by atoms with Crippen LogP contribution in [0.2, 0.25) is 0 Å². The van der Waals surface area contributed by atoms with Crippen LogP contribution in [0, 0.1) is 5.82 Å². The number of rotatable bonds is 2. The van der Waals surface area contributed by atoms with Crippen LogP contribution >= 0.6 is 0 Å². The second kappa shape index (κ2) is 4.52. The van der Waals surface area contributed by atoms with Gasteiger partial charge in [-0.15, -0.1) is 5.10 Å². The SMILES string of the molecule is Nc1ccc(C(=O)Nc2nccnn2)cc1F. The molecule has 1 aromatic heterocycles. The molecule has 86 valence electrons. The lowest BCUT2D eigenvalue weighted by Crippen LogP contribution is -2.14. The first kappa shape index (κ1) is 10.9. The molecule has 0 aliphatic carbocycles. The number of anilines is 2. The molecule has 0 saturated heterocycles. The van der Waals surface area contributed by atoms with Crippen LogP contribution in [-0.4, -0.2) is 21.1 Å². The Morgan fingerprint density at radius 2 is 2.18 bits per heavy atom. The number of amides is 1. The second-order valence-corrected chi connectivity index (χ2v) is 3.16. The maximum Gasteiger partial charge on any atom is 0.258 e. The Balaban J connectivity index is 2.18. The van der Waals surface area contributed by atoms with Gasteiger partial charge in [-0.3, -0.25) is 10.1 Å². The van der Waals surface area contributed by atoms with Crippen LogP contribution in [0.5, 0.6) is 0 Å². The highest BCUT2D eigenvalue weighted by atomic mass is 19.1. The van der Waals surface area contributed by atoms with Crippen molar-refractivity contribution in [2.75, 3.05) is 11.1 Å². The molecule has 0 aliphatic heterocycles. The first-order valence-corrected chi connectivity index (χ1v) is 4.67. The summed E-state index contributed by atoms with van der Waals surface area (Å²) in [6.07, 6.45) is 2.75. The van der Waals surface area contributed by atoms with Crippen LogP contribution in [0.4, 0.5) is 16.0 Å². The summed E-state index contributed by atoms with van der Waals surface area (Å²) in [7, 11) is 0. The van der Waals surface area contributed by atoms with Crippen molar-refractivity contribution in [3.8, 4) is 0 Å². The van der Waals surface area contributed by atoms with E-state index in [2.05, 4.69) is 20.5 Å². The van der Waals surface area contributed by atoms with Crippen LogP contribution in [0.1, 0.15) is 10.4 Å². The van der Waals surface area contributed by atoms with Crippen LogP contribution in [-0.2, 0) is 0 Å². The summed E-state index contributed by atoms with van der Waals surface area (Å²) < 4.78 is 13.1. The summed E-state index contributed by atoms with van der Waals surface area (Å²) in [6.45, 7) is 0. The van der Waals surface area contributed by atoms with Gasteiger partial charge in [0.1, 0.15) is 5.82 Å². The van der Waals surface area contributed by atoms with Gasteiger partial charge in [0.05, 0.1) is 18.1 Å². The molecule has 0 unspecified atom stereocenters. The van der Waals surface area contributed by atoms with Crippen molar-refractivity contribution < 1.29 is 9.18 Å². The zero-order valence-electron chi connectivity index (χ0n) is 8.59. The molecular weight excluding hydrogens is 225 g/mol. The van der Waals surface area contributed by atoms with Gasteiger partial charge in [-0.2, -0.15) is 5.10 Å². The van der Waals surface area contributed by atoms with Crippen LogP contribution in [0.25, 0.3) is 0 Å². The Morgan fingerprint density at radius 1 is 1.35 bits per heavy atom. The molecule has 2 aromatic rings. The largest absolute Gasteiger partial charge is 0.396 e. The molecule has 0 bridgehead atoms. The normalized spacial score (nSPS) is 9.94. The first-order chi connectivity index (χ1) is 8.16. The molecule has 0 fully saturated rings. The van der Waals surface area contributed by atoms with Crippen LogP contribution < -0.4 is 11.1 Å². The van der Waals surface area contributed by atoms with Crippen molar-refractivity contribution in [3.05, 3.63) is 42.0 Å². The molecule has 1 heterocycles. The molecule has 0 radical (unpaired) electrons. The Kier molecular flexibility index (Phi) is 2.91. The molecule has 1 amide bonds. The number of hydrogen-bond acceptors (Lipinski definition) is 5. The summed E-state index contributed by atoms with van der Waals surface area (Å²) in [5.41, 5.74) is 5.41. The summed E-state index contributed by atoms with van der Waals surface area (Å²) in [5.74, 6) is -1.13. The average molecular weight is 233 g/mol. The van der Waals surface area contributed by atoms with Gasteiger partial charge in [0.25, 0.3) is 5.91 Å². The van der Waals surface area contributed by atoms with E-state index in [1.54, 1.807) is 0 Å². The number of halogens is 1. The van der Waals surface area contributed by atoms with E-state index in [0.29, 0.717) is 0 Å². The minimum Gasteiger partial charge on any atom is -0.396 e. The number of carbonyl (C=O) groups excluding carboxylic acids is 1. The molecule has 0 spiro atoms. The number of nitrogens with zero attached hydrogens (tertiary/aromatic N) is 3. The van der Waals surface area contributed by atoms with Crippen molar-refractivity contribution in [2.45, 2.75) is 0 Å². The maximum absolute atomic E-state index is 13.1. The van der Waals surface area contributed by atoms with E-state index in [4.69, 9.17) is 5.73 Å². The van der Waals surface area contributed by atoms with Crippen molar-refractivity contribution in [2.24, 2.45) is 0 Å². The second-order valence-electron chi connectivity index (χ2n) is 3.16. The van der Waals surface area contributed by atoms with Gasteiger partial charge in [-0.05, 0) is 18.2 Å². The van der Waals surface area contributed by atoms with Crippen molar-refractivity contribution in [1.82, 2.24) is 15.2 Å².